The topological polar surface area (TPSA) is 58.2 Å². The monoisotopic (exact) mass is 418 g/mol. The van der Waals surface area contributed by atoms with Crippen molar-refractivity contribution in [2.24, 2.45) is 0 Å². The summed E-state index contributed by atoms with van der Waals surface area (Å²) in [6, 6.07) is 8.92. The van der Waals surface area contributed by atoms with Gasteiger partial charge in [-0.1, -0.05) is 46.4 Å². The average Bonchev–Trinajstić information content (AvgIpc) is 2.57. The molecule has 0 saturated carbocycles. The molecule has 2 rings (SSSR count). The number of halogens is 4. The summed E-state index contributed by atoms with van der Waals surface area (Å²) < 4.78 is 0. The van der Waals surface area contributed by atoms with Crippen LogP contribution in [0.15, 0.2) is 36.4 Å². The second-order valence-electron chi connectivity index (χ2n) is 5.34. The molecule has 0 radical (unpaired) electrons. The second kappa shape index (κ2) is 8.77. The first kappa shape index (κ1) is 19.9. The van der Waals surface area contributed by atoms with Crippen LogP contribution in [-0.4, -0.2) is 24.4 Å². The van der Waals surface area contributed by atoms with Crippen molar-refractivity contribution in [2.45, 2.75) is 13.0 Å². The van der Waals surface area contributed by atoms with Gasteiger partial charge in [-0.25, -0.2) is 0 Å². The number of amides is 2. The SMILES string of the molecule is C[C@H](CNC(=O)c1ccc(Cl)c(Cl)c1)NC(=O)c1ccc(Cl)c(Cl)c1. The standard InChI is InChI=1S/C17H14Cl4N2O2/c1-9(23-17(25)11-3-5-13(19)15(21)7-11)8-22-16(24)10-2-4-12(18)14(20)6-10/h2-7,9H,8H2,1H3,(H,22,24)(H,23,25)/t9-/m1/s1. The molecule has 132 valence electrons. The zero-order valence-electron chi connectivity index (χ0n) is 13.1. The highest BCUT2D eigenvalue weighted by atomic mass is 35.5. The summed E-state index contributed by atoms with van der Waals surface area (Å²) in [5, 5.41) is 6.84. The Bertz CT molecular complexity index is 811. The molecule has 0 aliphatic rings. The zero-order chi connectivity index (χ0) is 18.6. The van der Waals surface area contributed by atoms with Gasteiger partial charge in [0, 0.05) is 23.7 Å². The van der Waals surface area contributed by atoms with Crippen molar-refractivity contribution < 1.29 is 9.59 Å². The van der Waals surface area contributed by atoms with Crippen molar-refractivity contribution in [1.29, 1.82) is 0 Å². The van der Waals surface area contributed by atoms with E-state index in [0.29, 0.717) is 31.2 Å². The van der Waals surface area contributed by atoms with Crippen LogP contribution in [-0.2, 0) is 0 Å². The van der Waals surface area contributed by atoms with Crippen molar-refractivity contribution in [1.82, 2.24) is 10.6 Å². The molecule has 2 aromatic carbocycles. The minimum Gasteiger partial charge on any atom is -0.350 e. The highest BCUT2D eigenvalue weighted by molar-refractivity contribution is 6.42. The van der Waals surface area contributed by atoms with Gasteiger partial charge in [0.05, 0.1) is 20.1 Å². The van der Waals surface area contributed by atoms with Gasteiger partial charge >= 0.3 is 0 Å². The van der Waals surface area contributed by atoms with Crippen LogP contribution in [0, 0.1) is 0 Å². The summed E-state index contributed by atoms with van der Waals surface area (Å²) in [5.74, 6) is -0.621. The van der Waals surface area contributed by atoms with Gasteiger partial charge in [-0.15, -0.1) is 0 Å². The molecule has 25 heavy (non-hydrogen) atoms. The minimum atomic E-state index is -0.311. The molecule has 0 fully saturated rings. The van der Waals surface area contributed by atoms with Crippen LogP contribution in [0.5, 0.6) is 0 Å². The van der Waals surface area contributed by atoms with Gasteiger partial charge in [0.15, 0.2) is 0 Å². The third-order valence-corrected chi connectivity index (χ3v) is 4.79. The summed E-state index contributed by atoms with van der Waals surface area (Å²) >= 11 is 23.4. The Kier molecular flexibility index (Phi) is 6.96. The van der Waals surface area contributed by atoms with E-state index in [-0.39, 0.29) is 24.4 Å². The first-order valence-electron chi connectivity index (χ1n) is 7.27. The summed E-state index contributed by atoms with van der Waals surface area (Å²) in [7, 11) is 0. The van der Waals surface area contributed by atoms with E-state index in [0.717, 1.165) is 0 Å². The molecule has 2 aromatic rings. The minimum absolute atomic E-state index is 0.242. The van der Waals surface area contributed by atoms with Gasteiger partial charge in [-0.2, -0.15) is 0 Å². The molecule has 0 spiro atoms. The van der Waals surface area contributed by atoms with Crippen LogP contribution in [0.3, 0.4) is 0 Å². The third-order valence-electron chi connectivity index (χ3n) is 3.31. The fraction of sp³-hybridized carbons (Fsp3) is 0.176. The van der Waals surface area contributed by atoms with E-state index < -0.39 is 0 Å². The highest BCUT2D eigenvalue weighted by Gasteiger charge is 2.13. The number of benzene rings is 2. The predicted octanol–water partition coefficient (Wildman–Crippen LogP) is 4.85. The second-order valence-corrected chi connectivity index (χ2v) is 6.97. The van der Waals surface area contributed by atoms with E-state index in [2.05, 4.69) is 10.6 Å². The highest BCUT2D eigenvalue weighted by Crippen LogP contribution is 2.23. The van der Waals surface area contributed by atoms with Crippen LogP contribution in [0.1, 0.15) is 27.6 Å². The molecule has 1 atom stereocenters. The van der Waals surface area contributed by atoms with Crippen LogP contribution < -0.4 is 10.6 Å². The van der Waals surface area contributed by atoms with Crippen LogP contribution in [0.2, 0.25) is 20.1 Å². The van der Waals surface area contributed by atoms with Gasteiger partial charge in [0.2, 0.25) is 0 Å². The summed E-state index contributed by atoms with van der Waals surface area (Å²) in [6.45, 7) is 2.01. The lowest BCUT2D eigenvalue weighted by Gasteiger charge is -2.15. The number of rotatable bonds is 5. The molecular formula is C17H14Cl4N2O2. The number of hydrogen-bond donors (Lipinski definition) is 2. The first-order chi connectivity index (χ1) is 11.8. The van der Waals surface area contributed by atoms with Crippen molar-refractivity contribution in [3.05, 3.63) is 67.6 Å². The number of hydrogen-bond acceptors (Lipinski definition) is 2. The molecule has 2 N–H and O–H groups in total. The quantitative estimate of drug-likeness (QED) is 0.727. The molecule has 0 bridgehead atoms. The fourth-order valence-electron chi connectivity index (χ4n) is 1.98. The maximum absolute atomic E-state index is 12.2. The lowest BCUT2D eigenvalue weighted by Crippen LogP contribution is -2.41. The largest absolute Gasteiger partial charge is 0.350 e. The third kappa shape index (κ3) is 5.51. The number of nitrogens with one attached hydrogen (secondary N) is 2. The molecule has 2 amide bonds. The van der Waals surface area contributed by atoms with E-state index >= 15 is 0 Å². The van der Waals surface area contributed by atoms with Gasteiger partial charge in [0.25, 0.3) is 11.8 Å². The maximum atomic E-state index is 12.2. The summed E-state index contributed by atoms with van der Waals surface area (Å²) in [6.07, 6.45) is 0. The first-order valence-corrected chi connectivity index (χ1v) is 8.78. The number of carbonyl (C=O) groups is 2. The molecule has 0 aliphatic carbocycles. The Labute approximate surface area is 165 Å². The van der Waals surface area contributed by atoms with E-state index in [1.807, 2.05) is 0 Å². The van der Waals surface area contributed by atoms with E-state index in [4.69, 9.17) is 46.4 Å². The summed E-state index contributed by atoms with van der Waals surface area (Å²) in [4.78, 5) is 24.3. The van der Waals surface area contributed by atoms with Gasteiger partial charge in [-0.05, 0) is 43.3 Å². The van der Waals surface area contributed by atoms with Crippen LogP contribution in [0.25, 0.3) is 0 Å². The molecule has 8 heteroatoms. The molecular weight excluding hydrogens is 406 g/mol. The predicted molar refractivity (Wildman–Crippen MR) is 102 cm³/mol. The Morgan fingerprint density at radius 3 is 1.80 bits per heavy atom. The van der Waals surface area contributed by atoms with Crippen LogP contribution >= 0.6 is 46.4 Å². The molecule has 0 unspecified atom stereocenters. The van der Waals surface area contributed by atoms with Crippen molar-refractivity contribution in [3.8, 4) is 0 Å². The summed E-state index contributed by atoms with van der Waals surface area (Å²) in [5.41, 5.74) is 0.773. The van der Waals surface area contributed by atoms with E-state index in [9.17, 15) is 9.59 Å². The molecule has 4 nitrogen and oxygen atoms in total. The Morgan fingerprint density at radius 1 is 0.840 bits per heavy atom. The molecule has 0 heterocycles. The van der Waals surface area contributed by atoms with E-state index in [1.54, 1.807) is 31.2 Å². The molecule has 0 aliphatic heterocycles. The maximum Gasteiger partial charge on any atom is 0.251 e. The smallest absolute Gasteiger partial charge is 0.251 e. The Balaban J connectivity index is 1.90. The van der Waals surface area contributed by atoms with Gasteiger partial charge in [-0.3, -0.25) is 9.59 Å². The van der Waals surface area contributed by atoms with Crippen LogP contribution in [0.4, 0.5) is 0 Å². The Morgan fingerprint density at radius 2 is 1.32 bits per heavy atom. The fourth-order valence-corrected chi connectivity index (χ4v) is 2.58. The lowest BCUT2D eigenvalue weighted by atomic mass is 10.2. The van der Waals surface area contributed by atoms with Gasteiger partial charge < -0.3 is 10.6 Å². The van der Waals surface area contributed by atoms with E-state index in [1.165, 1.54) is 12.1 Å². The normalized spacial score (nSPS) is 11.7. The average molecular weight is 420 g/mol. The molecule has 0 saturated heterocycles. The molecule has 0 aromatic heterocycles. The lowest BCUT2D eigenvalue weighted by molar-refractivity contribution is 0.0912. The Hall–Kier alpha value is -1.46. The van der Waals surface area contributed by atoms with Crippen molar-refractivity contribution >= 4 is 58.2 Å². The zero-order valence-corrected chi connectivity index (χ0v) is 16.1. The van der Waals surface area contributed by atoms with Crippen molar-refractivity contribution in [2.75, 3.05) is 6.54 Å². The number of carbonyl (C=O) groups excluding carboxylic acids is 2. The van der Waals surface area contributed by atoms with Gasteiger partial charge in [0.1, 0.15) is 0 Å². The van der Waals surface area contributed by atoms with Crippen molar-refractivity contribution in [3.63, 3.8) is 0 Å².